The van der Waals surface area contributed by atoms with Gasteiger partial charge in [-0.2, -0.15) is 41.3 Å². The van der Waals surface area contributed by atoms with Crippen molar-refractivity contribution in [1.82, 2.24) is 15.0 Å². The maximum atomic E-state index is 13.1. The lowest BCUT2D eigenvalue weighted by atomic mass is 10.2. The molecule has 0 saturated heterocycles. The van der Waals surface area contributed by atoms with Crippen LogP contribution in [0.25, 0.3) is 0 Å². The Bertz CT molecular complexity index is 1520. The van der Waals surface area contributed by atoms with Crippen LogP contribution in [0.4, 0.5) is 49.6 Å². The third kappa shape index (κ3) is 8.96. The second-order valence-corrected chi connectivity index (χ2v) is 8.82. The molecule has 15 heteroatoms. The first-order valence-electron chi connectivity index (χ1n) is 11.6. The van der Waals surface area contributed by atoms with Crippen LogP contribution in [0.15, 0.2) is 72.8 Å². The molecule has 41 heavy (non-hydrogen) atoms. The van der Waals surface area contributed by atoms with Crippen molar-refractivity contribution >= 4 is 40.8 Å². The van der Waals surface area contributed by atoms with Gasteiger partial charge in [0, 0.05) is 28.5 Å². The Morgan fingerprint density at radius 3 is 2.22 bits per heavy atom. The Morgan fingerprint density at radius 2 is 1.54 bits per heavy atom. The topological polar surface area (TPSA) is 101 Å². The lowest BCUT2D eigenvalue weighted by Gasteiger charge is -2.13. The number of aromatic nitrogens is 3. The van der Waals surface area contributed by atoms with Gasteiger partial charge in [0.25, 0.3) is 5.91 Å². The predicted molar refractivity (Wildman–Crippen MR) is 139 cm³/mol. The first kappa shape index (κ1) is 29.4. The zero-order chi connectivity index (χ0) is 29.6. The highest BCUT2D eigenvalue weighted by molar-refractivity contribution is 6.31. The highest BCUT2D eigenvalue weighted by Crippen LogP contribution is 2.31. The summed E-state index contributed by atoms with van der Waals surface area (Å²) in [7, 11) is 0. The lowest BCUT2D eigenvalue weighted by Crippen LogP contribution is -2.21. The SMILES string of the molecule is O=C(Nc1ccc(CNc2nc(Nc3cccc(C(F)(F)F)c3)nc(OCC(F)(F)F)n2)cc1)c1cccc(Cl)c1. The minimum absolute atomic E-state index is 0.0610. The fraction of sp³-hybridized carbons (Fsp3) is 0.154. The molecule has 0 fully saturated rings. The molecule has 0 radical (unpaired) electrons. The van der Waals surface area contributed by atoms with Crippen molar-refractivity contribution in [2.24, 2.45) is 0 Å². The van der Waals surface area contributed by atoms with Gasteiger partial charge in [-0.15, -0.1) is 0 Å². The van der Waals surface area contributed by atoms with Gasteiger partial charge in [0.05, 0.1) is 5.56 Å². The van der Waals surface area contributed by atoms with Crippen molar-refractivity contribution in [2.45, 2.75) is 18.9 Å². The van der Waals surface area contributed by atoms with E-state index < -0.39 is 30.5 Å². The summed E-state index contributed by atoms with van der Waals surface area (Å²) in [5.74, 6) is -0.918. The van der Waals surface area contributed by atoms with Crippen LogP contribution in [0.3, 0.4) is 0 Å². The van der Waals surface area contributed by atoms with Gasteiger partial charge >= 0.3 is 18.4 Å². The summed E-state index contributed by atoms with van der Waals surface area (Å²) in [6.07, 6.45) is -9.29. The summed E-state index contributed by atoms with van der Waals surface area (Å²) < 4.78 is 81.8. The molecular weight excluding hydrogens is 578 g/mol. The number of ether oxygens (including phenoxy) is 1. The van der Waals surface area contributed by atoms with Gasteiger partial charge < -0.3 is 20.7 Å². The van der Waals surface area contributed by atoms with E-state index in [4.69, 9.17) is 11.6 Å². The Morgan fingerprint density at radius 1 is 0.829 bits per heavy atom. The van der Waals surface area contributed by atoms with Gasteiger partial charge in [0.15, 0.2) is 6.61 Å². The van der Waals surface area contributed by atoms with Crippen LogP contribution >= 0.6 is 11.6 Å². The summed E-state index contributed by atoms with van der Waals surface area (Å²) in [6, 6.07) is 16.4. The van der Waals surface area contributed by atoms with Crippen molar-refractivity contribution in [2.75, 3.05) is 22.6 Å². The Labute approximate surface area is 233 Å². The minimum Gasteiger partial charge on any atom is -0.454 e. The smallest absolute Gasteiger partial charge is 0.422 e. The minimum atomic E-state index is -4.68. The predicted octanol–water partition coefficient (Wildman–Crippen LogP) is 7.09. The molecule has 0 aliphatic carbocycles. The number of nitrogens with zero attached hydrogens (tertiary/aromatic N) is 3. The molecular formula is C26H19ClF6N6O2. The van der Waals surface area contributed by atoms with Gasteiger partial charge in [0.1, 0.15) is 0 Å². The van der Waals surface area contributed by atoms with Crippen LogP contribution in [0.2, 0.25) is 5.02 Å². The van der Waals surface area contributed by atoms with E-state index in [9.17, 15) is 31.1 Å². The highest BCUT2D eigenvalue weighted by Gasteiger charge is 2.31. The van der Waals surface area contributed by atoms with Crippen LogP contribution in [0, 0.1) is 0 Å². The summed E-state index contributed by atoms with van der Waals surface area (Å²) in [5, 5.41) is 8.47. The van der Waals surface area contributed by atoms with E-state index in [-0.39, 0.29) is 30.0 Å². The van der Waals surface area contributed by atoms with Crippen molar-refractivity contribution in [1.29, 1.82) is 0 Å². The third-order valence-corrected chi connectivity index (χ3v) is 5.41. The van der Waals surface area contributed by atoms with Crippen LogP contribution in [0.5, 0.6) is 6.01 Å². The van der Waals surface area contributed by atoms with Crippen LogP contribution < -0.4 is 20.7 Å². The zero-order valence-corrected chi connectivity index (χ0v) is 21.4. The molecule has 0 spiro atoms. The van der Waals surface area contributed by atoms with E-state index in [1.807, 2.05) is 0 Å². The van der Waals surface area contributed by atoms with Gasteiger partial charge in [0.2, 0.25) is 11.9 Å². The van der Waals surface area contributed by atoms with Gasteiger partial charge in [-0.25, -0.2) is 0 Å². The van der Waals surface area contributed by atoms with E-state index in [0.29, 0.717) is 21.8 Å². The first-order valence-corrected chi connectivity index (χ1v) is 12.0. The molecule has 0 unspecified atom stereocenters. The number of amides is 1. The zero-order valence-electron chi connectivity index (χ0n) is 20.6. The molecule has 3 aromatic carbocycles. The molecule has 3 N–H and O–H groups in total. The molecule has 0 aliphatic heterocycles. The molecule has 0 atom stereocenters. The molecule has 214 valence electrons. The number of hydrogen-bond acceptors (Lipinski definition) is 7. The number of alkyl halides is 6. The summed E-state index contributed by atoms with van der Waals surface area (Å²) in [6.45, 7) is -1.60. The Balaban J connectivity index is 1.46. The molecule has 4 aromatic rings. The Kier molecular flexibility index (Phi) is 8.81. The normalized spacial score (nSPS) is 11.6. The average molecular weight is 597 g/mol. The summed E-state index contributed by atoms with van der Waals surface area (Å²) in [5.41, 5.74) is 0.534. The van der Waals surface area contributed by atoms with Gasteiger partial charge in [-0.1, -0.05) is 35.9 Å². The third-order valence-electron chi connectivity index (χ3n) is 5.18. The number of rotatable bonds is 9. The summed E-state index contributed by atoms with van der Waals surface area (Å²) >= 11 is 5.91. The highest BCUT2D eigenvalue weighted by atomic mass is 35.5. The maximum Gasteiger partial charge on any atom is 0.422 e. The van der Waals surface area contributed by atoms with Gasteiger partial charge in [-0.3, -0.25) is 4.79 Å². The van der Waals surface area contributed by atoms with Crippen molar-refractivity contribution in [3.05, 3.63) is 94.5 Å². The number of carbonyl (C=O) groups is 1. The molecule has 4 rings (SSSR count). The number of hydrogen-bond donors (Lipinski definition) is 3. The van der Waals surface area contributed by atoms with E-state index in [1.165, 1.54) is 12.1 Å². The quantitative estimate of drug-likeness (QED) is 0.177. The monoisotopic (exact) mass is 596 g/mol. The average Bonchev–Trinajstić information content (AvgIpc) is 2.91. The molecule has 0 bridgehead atoms. The summed E-state index contributed by atoms with van der Waals surface area (Å²) in [4.78, 5) is 23.9. The fourth-order valence-electron chi connectivity index (χ4n) is 3.32. The lowest BCUT2D eigenvalue weighted by molar-refractivity contribution is -0.154. The number of anilines is 4. The molecule has 1 amide bonds. The Hall–Kier alpha value is -4.59. The number of nitrogens with one attached hydrogen (secondary N) is 3. The molecule has 0 saturated carbocycles. The van der Waals surface area contributed by atoms with Gasteiger partial charge in [-0.05, 0) is 54.1 Å². The molecule has 1 aromatic heterocycles. The van der Waals surface area contributed by atoms with Crippen molar-refractivity contribution in [3.8, 4) is 6.01 Å². The molecule has 1 heterocycles. The molecule has 0 aliphatic rings. The van der Waals surface area contributed by atoms with E-state index in [2.05, 4.69) is 35.6 Å². The van der Waals surface area contributed by atoms with E-state index in [1.54, 1.807) is 42.5 Å². The maximum absolute atomic E-state index is 13.1. The van der Waals surface area contributed by atoms with Crippen LogP contribution in [-0.2, 0) is 12.7 Å². The second-order valence-electron chi connectivity index (χ2n) is 8.39. The first-order chi connectivity index (χ1) is 19.3. The van der Waals surface area contributed by atoms with Crippen LogP contribution in [-0.4, -0.2) is 33.6 Å². The fourth-order valence-corrected chi connectivity index (χ4v) is 3.52. The second kappa shape index (κ2) is 12.3. The standard InChI is InChI=1S/C26H19ClF6N6O2/c27-18-5-1-3-16(11-18)21(40)35-19-9-7-15(8-10-19)13-34-22-37-23(39-24(38-22)41-14-25(28,29)30)36-20-6-2-4-17(12-20)26(31,32)33/h1-12H,13-14H2,(H,35,40)(H2,34,36,37,38,39). The number of carbonyl (C=O) groups excluding carboxylic acids is 1. The van der Waals surface area contributed by atoms with E-state index in [0.717, 1.165) is 18.2 Å². The van der Waals surface area contributed by atoms with Crippen molar-refractivity contribution in [3.63, 3.8) is 0 Å². The van der Waals surface area contributed by atoms with E-state index >= 15 is 0 Å². The largest absolute Gasteiger partial charge is 0.454 e. The number of benzene rings is 3. The van der Waals surface area contributed by atoms with Crippen molar-refractivity contribution < 1.29 is 35.9 Å². The number of halogens is 7. The molecule has 8 nitrogen and oxygen atoms in total. The van der Waals surface area contributed by atoms with Crippen LogP contribution in [0.1, 0.15) is 21.5 Å².